The van der Waals surface area contributed by atoms with Gasteiger partial charge in [0.1, 0.15) is 0 Å². The SMILES string of the molecule is [2H]C([2H])([2H])c1c[c-]c(-c2cc(C([2H])([2H])C(C)(C)C)c(C([2H])([2H])[2H])cn2)cc1.[2H]C([2H])([2H])c1ccc2c(n1)oc1c(-c3cc(C([2H])([2H])C4CCC5(CCCCC5)CC4)ccn3)[c-]ccc12.[Ir]. The summed E-state index contributed by atoms with van der Waals surface area (Å²) < 4.78 is 110. The van der Waals surface area contributed by atoms with Gasteiger partial charge in [-0.1, -0.05) is 81.1 Å². The molecule has 0 saturated heterocycles. The molecule has 0 bridgehead atoms. The third kappa shape index (κ3) is 8.92. The standard InChI is InChI=1S/C29H31N2O.C18H22N.Ir/c1-20-8-9-24-23-6-5-7-25(27(23)32-28(24)31-20)26-19-22(12-17-30-26)18-21-10-15-29(16-11-21)13-3-2-4-14-29;1-13-6-8-15(9-7-13)17-10-16(11-18(3,4)5)14(2)12-19-17;/h5-6,8-9,12,17,19,21H,2-4,10-11,13-16,18H2,1H3;6-8,10,12H,11H2,1-5H3;/q2*-1;/i1D3,18D2;1D3,2D3,11D2;. The van der Waals surface area contributed by atoms with E-state index in [0.29, 0.717) is 39.1 Å². The molecule has 0 unspecified atom stereocenters. The molecule has 0 aliphatic heterocycles. The van der Waals surface area contributed by atoms with Crippen LogP contribution in [-0.2, 0) is 32.9 Å². The Hall–Kier alpha value is -3.66. The molecule has 52 heavy (non-hydrogen) atoms. The quantitative estimate of drug-likeness (QED) is 0.162. The summed E-state index contributed by atoms with van der Waals surface area (Å²) in [6, 6.07) is 22.3. The summed E-state index contributed by atoms with van der Waals surface area (Å²) in [7, 11) is 0. The molecule has 2 aliphatic rings. The first-order valence-corrected chi connectivity index (χ1v) is 18.0. The zero-order chi connectivity index (χ0) is 46.7. The second-order valence-electron chi connectivity index (χ2n) is 15.1. The van der Waals surface area contributed by atoms with Crippen LogP contribution in [0.2, 0.25) is 0 Å². The first-order valence-electron chi connectivity index (χ1n) is 24.5. The number of furan rings is 1. The summed E-state index contributed by atoms with van der Waals surface area (Å²) in [5, 5.41) is 1.53. The summed E-state index contributed by atoms with van der Waals surface area (Å²) >= 11 is 0. The average molecular weight is 881 g/mol. The van der Waals surface area contributed by atoms with Gasteiger partial charge in [0.05, 0.1) is 5.58 Å². The van der Waals surface area contributed by atoms with Crippen LogP contribution < -0.4 is 0 Å². The minimum Gasteiger partial charge on any atom is -0.486 e. The summed E-state index contributed by atoms with van der Waals surface area (Å²) in [5.74, 6) is -0.0104. The molecule has 2 aromatic carbocycles. The Kier molecular flexibility index (Phi) is 7.64. The topological polar surface area (TPSA) is 51.8 Å². The third-order valence-corrected chi connectivity index (χ3v) is 10.1. The Balaban J connectivity index is 0.000000224. The van der Waals surface area contributed by atoms with Crippen LogP contribution in [0.15, 0.2) is 77.5 Å². The molecule has 2 aliphatic carbocycles. The molecule has 4 nitrogen and oxygen atoms in total. The molecular formula is C47H53IrN3O-2. The first-order chi connectivity index (χ1) is 29.7. The molecule has 2 fully saturated rings. The van der Waals surface area contributed by atoms with Crippen molar-refractivity contribution in [3.63, 3.8) is 0 Å². The van der Waals surface area contributed by atoms with Gasteiger partial charge < -0.3 is 14.4 Å². The number of hydrogen-bond acceptors (Lipinski definition) is 4. The molecule has 5 heteroatoms. The second-order valence-corrected chi connectivity index (χ2v) is 15.1. The summed E-state index contributed by atoms with van der Waals surface area (Å²) in [6.45, 7) is -1.97. The van der Waals surface area contributed by atoms with Crippen LogP contribution in [0.3, 0.4) is 0 Å². The van der Waals surface area contributed by atoms with E-state index in [1.54, 1.807) is 45.2 Å². The van der Waals surface area contributed by atoms with Gasteiger partial charge in [-0.15, -0.1) is 53.6 Å². The maximum absolute atomic E-state index is 9.10. The number of pyridine rings is 3. The minimum absolute atomic E-state index is 0. The molecule has 0 amide bonds. The van der Waals surface area contributed by atoms with E-state index in [1.807, 2.05) is 12.1 Å². The zero-order valence-corrected chi connectivity index (χ0v) is 32.3. The van der Waals surface area contributed by atoms with Crippen LogP contribution in [0.4, 0.5) is 0 Å². The molecule has 1 spiro atoms. The van der Waals surface area contributed by atoms with Gasteiger partial charge in [0.2, 0.25) is 5.71 Å². The van der Waals surface area contributed by atoms with Crippen molar-refractivity contribution in [3.05, 3.63) is 113 Å². The smallest absolute Gasteiger partial charge is 0.216 e. The molecule has 2 saturated carbocycles. The number of aryl methyl sites for hydroxylation is 3. The fourth-order valence-electron chi connectivity index (χ4n) is 7.58. The van der Waals surface area contributed by atoms with Crippen LogP contribution in [0.25, 0.3) is 44.6 Å². The van der Waals surface area contributed by atoms with E-state index in [0.717, 1.165) is 36.5 Å². The Morgan fingerprint density at radius 1 is 0.885 bits per heavy atom. The van der Waals surface area contributed by atoms with E-state index in [9.17, 15) is 0 Å². The normalized spacial score (nSPS) is 21.0. The Morgan fingerprint density at radius 2 is 1.73 bits per heavy atom. The predicted octanol–water partition coefficient (Wildman–Crippen LogP) is 12.6. The fraction of sp³-hybridized carbons (Fsp3) is 0.426. The van der Waals surface area contributed by atoms with Crippen LogP contribution >= 0.6 is 0 Å². The summed E-state index contributed by atoms with van der Waals surface area (Å²) in [4.78, 5) is 13.0. The van der Waals surface area contributed by atoms with Gasteiger partial charge in [-0.25, -0.2) is 4.98 Å². The Labute approximate surface area is 342 Å². The molecule has 4 heterocycles. The summed E-state index contributed by atoms with van der Waals surface area (Å²) in [5.41, 5.74) is 3.06. The fourth-order valence-corrected chi connectivity index (χ4v) is 7.58. The van der Waals surface area contributed by atoms with Crippen LogP contribution in [-0.4, -0.2) is 15.0 Å². The number of rotatable bonds is 5. The number of nitrogens with zero attached hydrogens (tertiary/aromatic N) is 3. The molecule has 273 valence electrons. The van der Waals surface area contributed by atoms with Crippen molar-refractivity contribution in [2.75, 3.05) is 0 Å². The minimum atomic E-state index is -2.51. The van der Waals surface area contributed by atoms with Crippen molar-refractivity contribution < 1.29 is 42.3 Å². The van der Waals surface area contributed by atoms with E-state index in [1.165, 1.54) is 68.6 Å². The molecule has 0 N–H and O–H groups in total. The van der Waals surface area contributed by atoms with Crippen molar-refractivity contribution in [2.24, 2.45) is 16.7 Å². The monoisotopic (exact) mass is 881 g/mol. The maximum Gasteiger partial charge on any atom is 0.216 e. The first kappa shape index (κ1) is 24.6. The molecule has 8 rings (SSSR count). The second kappa shape index (κ2) is 16.1. The van der Waals surface area contributed by atoms with E-state index < -0.39 is 38.7 Å². The summed E-state index contributed by atoms with van der Waals surface area (Å²) in [6.07, 6.45) is 10.2. The van der Waals surface area contributed by atoms with Gasteiger partial charge >= 0.3 is 0 Å². The molecule has 0 atom stereocenters. The van der Waals surface area contributed by atoms with Gasteiger partial charge in [-0.05, 0) is 117 Å². The van der Waals surface area contributed by atoms with Crippen LogP contribution in [0.5, 0.6) is 0 Å². The van der Waals surface area contributed by atoms with E-state index in [-0.39, 0.29) is 54.1 Å². The average Bonchev–Trinajstić information content (AvgIpc) is 3.61. The van der Waals surface area contributed by atoms with E-state index in [2.05, 4.69) is 27.1 Å². The molecule has 1 radical (unpaired) electrons. The van der Waals surface area contributed by atoms with E-state index >= 15 is 0 Å². The Morgan fingerprint density at radius 3 is 2.46 bits per heavy atom. The van der Waals surface area contributed by atoms with E-state index in [4.69, 9.17) is 22.2 Å². The van der Waals surface area contributed by atoms with Gasteiger partial charge in [-0.3, -0.25) is 0 Å². The van der Waals surface area contributed by atoms with Crippen molar-refractivity contribution in [3.8, 4) is 22.5 Å². The van der Waals surface area contributed by atoms with Crippen LogP contribution in [0.1, 0.15) is 124 Å². The predicted molar refractivity (Wildman–Crippen MR) is 211 cm³/mol. The van der Waals surface area contributed by atoms with Crippen molar-refractivity contribution in [1.29, 1.82) is 0 Å². The van der Waals surface area contributed by atoms with Crippen molar-refractivity contribution in [2.45, 2.75) is 112 Å². The number of aromatic nitrogens is 3. The zero-order valence-electron chi connectivity index (χ0n) is 43.0. The molecule has 4 aromatic heterocycles. The molecular weight excluding hydrogens is 815 g/mol. The van der Waals surface area contributed by atoms with Gasteiger partial charge in [0, 0.05) is 61.4 Å². The molecule has 6 aromatic rings. The number of benzene rings is 2. The number of hydrogen-bond donors (Lipinski definition) is 0. The van der Waals surface area contributed by atoms with Gasteiger partial charge in [0.15, 0.2) is 0 Å². The number of fused-ring (bicyclic) bond motifs is 3. The van der Waals surface area contributed by atoms with Gasteiger partial charge in [-0.2, -0.15) is 0 Å². The third-order valence-electron chi connectivity index (χ3n) is 10.1. The van der Waals surface area contributed by atoms with Gasteiger partial charge in [0.25, 0.3) is 0 Å². The largest absolute Gasteiger partial charge is 0.486 e. The van der Waals surface area contributed by atoms with Crippen molar-refractivity contribution in [1.82, 2.24) is 15.0 Å². The Bertz CT molecular complexity index is 2610. The van der Waals surface area contributed by atoms with Crippen molar-refractivity contribution >= 4 is 22.1 Å². The van der Waals surface area contributed by atoms with Crippen LogP contribution in [0, 0.1) is 49.4 Å². The maximum atomic E-state index is 9.10.